The summed E-state index contributed by atoms with van der Waals surface area (Å²) < 4.78 is 10.7. The molecule has 6 nitrogen and oxygen atoms in total. The van der Waals surface area contributed by atoms with Crippen LogP contribution >= 0.6 is 7.60 Å². The van der Waals surface area contributed by atoms with E-state index in [0.717, 1.165) is 12.8 Å². The van der Waals surface area contributed by atoms with E-state index in [-0.39, 0.29) is 12.1 Å². The van der Waals surface area contributed by atoms with Crippen molar-refractivity contribution in [3.63, 3.8) is 0 Å². The van der Waals surface area contributed by atoms with Gasteiger partial charge in [-0.25, -0.2) is 0 Å². The lowest BCUT2D eigenvalue weighted by atomic mass is 9.87. The first-order valence-corrected chi connectivity index (χ1v) is 7.20. The Morgan fingerprint density at radius 1 is 1.44 bits per heavy atom. The minimum Gasteiger partial charge on any atom is -0.480 e. The molecule has 1 heterocycles. The van der Waals surface area contributed by atoms with Gasteiger partial charge in [-0.1, -0.05) is 0 Å². The molecule has 0 aromatic rings. The number of carbonyl (C=O) groups is 1. The van der Waals surface area contributed by atoms with Crippen molar-refractivity contribution in [2.24, 2.45) is 5.92 Å². The highest BCUT2D eigenvalue weighted by molar-refractivity contribution is 7.51. The molecule has 7 heteroatoms. The molecule has 0 amide bonds. The molecule has 1 aliphatic rings. The van der Waals surface area contributed by atoms with E-state index in [4.69, 9.17) is 14.9 Å². The number of hydrogen-bond acceptors (Lipinski definition) is 3. The van der Waals surface area contributed by atoms with Crippen LogP contribution in [0.1, 0.15) is 25.7 Å². The summed E-state index contributed by atoms with van der Waals surface area (Å²) in [5.74, 6) is -0.890. The number of hydrogen-bond donors (Lipinski definition) is 4. The van der Waals surface area contributed by atoms with Crippen LogP contribution in [0.3, 0.4) is 0 Å². The Balaban J connectivity index is 2.38. The number of aliphatic carboxylic acids is 1. The first-order valence-electron chi connectivity index (χ1n) is 5.41. The number of nitrogens with one attached hydrogen (secondary N) is 1. The van der Waals surface area contributed by atoms with Gasteiger partial charge < -0.3 is 20.2 Å². The molecule has 0 spiro atoms. The van der Waals surface area contributed by atoms with Gasteiger partial charge in [-0.05, 0) is 38.1 Å². The van der Waals surface area contributed by atoms with Crippen LogP contribution in [0.15, 0.2) is 0 Å². The van der Waals surface area contributed by atoms with Crippen molar-refractivity contribution in [2.45, 2.75) is 31.7 Å². The minimum atomic E-state index is -3.94. The van der Waals surface area contributed by atoms with Gasteiger partial charge in [0.2, 0.25) is 0 Å². The molecule has 0 radical (unpaired) electrons. The van der Waals surface area contributed by atoms with E-state index in [1.807, 2.05) is 0 Å². The zero-order chi connectivity index (χ0) is 12.2. The van der Waals surface area contributed by atoms with Crippen LogP contribution in [-0.4, -0.2) is 39.6 Å². The van der Waals surface area contributed by atoms with Crippen LogP contribution in [0.5, 0.6) is 0 Å². The Hall–Kier alpha value is -0.420. The van der Waals surface area contributed by atoms with Gasteiger partial charge in [0.25, 0.3) is 0 Å². The van der Waals surface area contributed by atoms with Crippen molar-refractivity contribution in [1.29, 1.82) is 0 Å². The molecule has 16 heavy (non-hydrogen) atoms. The number of carboxylic acids is 1. The molecule has 4 N–H and O–H groups in total. The fraction of sp³-hybridized carbons (Fsp3) is 0.889. The third kappa shape index (κ3) is 4.61. The zero-order valence-electron chi connectivity index (χ0n) is 9.00. The van der Waals surface area contributed by atoms with E-state index in [9.17, 15) is 9.36 Å². The molecule has 2 atom stereocenters. The van der Waals surface area contributed by atoms with E-state index in [0.29, 0.717) is 19.4 Å². The summed E-state index contributed by atoms with van der Waals surface area (Å²) >= 11 is 0. The third-order valence-corrected chi connectivity index (χ3v) is 3.78. The van der Waals surface area contributed by atoms with Crippen LogP contribution in [0.2, 0.25) is 0 Å². The van der Waals surface area contributed by atoms with Crippen LogP contribution in [0.25, 0.3) is 0 Å². The normalized spacial score (nSPS) is 26.6. The topological polar surface area (TPSA) is 107 Å². The van der Waals surface area contributed by atoms with Crippen molar-refractivity contribution >= 4 is 13.6 Å². The molecule has 2 unspecified atom stereocenters. The van der Waals surface area contributed by atoms with Crippen LogP contribution < -0.4 is 5.32 Å². The zero-order valence-corrected chi connectivity index (χ0v) is 9.90. The molecule has 0 aliphatic carbocycles. The van der Waals surface area contributed by atoms with Gasteiger partial charge in [0, 0.05) is 6.16 Å². The Kier molecular flexibility index (Phi) is 4.92. The second kappa shape index (κ2) is 5.77. The predicted octanol–water partition coefficient (Wildman–Crippen LogP) is 0.397. The maximum Gasteiger partial charge on any atom is 0.325 e. The standard InChI is InChI=1S/C9H18NO5P/c11-9(12)8-7(3-1-5-10-8)4-2-6-16(13,14)15/h7-8,10H,1-6H2,(H,11,12)(H2,13,14,15). The van der Waals surface area contributed by atoms with Crippen molar-refractivity contribution in [1.82, 2.24) is 5.32 Å². The summed E-state index contributed by atoms with van der Waals surface area (Å²) in [5.41, 5.74) is 0. The molecule has 1 rings (SSSR count). The average Bonchev–Trinajstić information content (AvgIpc) is 2.16. The highest BCUT2D eigenvalue weighted by Crippen LogP contribution is 2.36. The lowest BCUT2D eigenvalue weighted by Gasteiger charge is -2.29. The molecule has 0 bridgehead atoms. The van der Waals surface area contributed by atoms with Crippen molar-refractivity contribution in [2.75, 3.05) is 12.7 Å². The smallest absolute Gasteiger partial charge is 0.325 e. The molecular weight excluding hydrogens is 233 g/mol. The maximum absolute atomic E-state index is 10.9. The Labute approximate surface area is 94.2 Å². The van der Waals surface area contributed by atoms with E-state index < -0.39 is 19.6 Å². The maximum atomic E-state index is 10.9. The largest absolute Gasteiger partial charge is 0.480 e. The molecule has 0 aromatic carbocycles. The average molecular weight is 251 g/mol. The summed E-state index contributed by atoms with van der Waals surface area (Å²) in [7, 11) is -3.94. The third-order valence-electron chi connectivity index (χ3n) is 2.88. The quantitative estimate of drug-likeness (QED) is 0.527. The molecule has 94 valence electrons. The highest BCUT2D eigenvalue weighted by Gasteiger charge is 2.30. The number of piperidine rings is 1. The lowest BCUT2D eigenvalue weighted by molar-refractivity contribution is -0.141. The molecule has 1 saturated heterocycles. The lowest BCUT2D eigenvalue weighted by Crippen LogP contribution is -2.46. The predicted molar refractivity (Wildman–Crippen MR) is 58.3 cm³/mol. The van der Waals surface area contributed by atoms with Gasteiger partial charge in [-0.15, -0.1) is 0 Å². The summed E-state index contributed by atoms with van der Waals surface area (Å²) in [4.78, 5) is 28.3. The van der Waals surface area contributed by atoms with Crippen molar-refractivity contribution in [3.05, 3.63) is 0 Å². The molecule has 0 saturated carbocycles. The SMILES string of the molecule is O=C(O)C1NCCCC1CCCP(=O)(O)O. The number of carboxylic acid groups (broad SMARTS) is 1. The molecule has 1 aliphatic heterocycles. The monoisotopic (exact) mass is 251 g/mol. The van der Waals surface area contributed by atoms with Crippen molar-refractivity contribution < 1.29 is 24.3 Å². The fourth-order valence-corrected chi connectivity index (χ4v) is 2.71. The Morgan fingerprint density at radius 2 is 2.12 bits per heavy atom. The second-order valence-corrected chi connectivity index (χ2v) is 5.98. The van der Waals surface area contributed by atoms with Gasteiger partial charge in [-0.2, -0.15) is 0 Å². The summed E-state index contributed by atoms with van der Waals surface area (Å²) in [6.07, 6.45) is 2.50. The number of rotatable bonds is 5. The van der Waals surface area contributed by atoms with Gasteiger partial charge in [-0.3, -0.25) is 9.36 Å². The van der Waals surface area contributed by atoms with Gasteiger partial charge in [0.1, 0.15) is 6.04 Å². The van der Waals surface area contributed by atoms with E-state index in [1.54, 1.807) is 0 Å². The first-order chi connectivity index (χ1) is 7.40. The van der Waals surface area contributed by atoms with Crippen LogP contribution in [-0.2, 0) is 9.36 Å². The Morgan fingerprint density at radius 3 is 2.69 bits per heavy atom. The fourth-order valence-electron chi connectivity index (χ4n) is 2.11. The van der Waals surface area contributed by atoms with Gasteiger partial charge in [0.05, 0.1) is 0 Å². The molecule has 1 fully saturated rings. The Bertz CT molecular complexity index is 290. The van der Waals surface area contributed by atoms with E-state index in [1.165, 1.54) is 0 Å². The van der Waals surface area contributed by atoms with Gasteiger partial charge in [0.15, 0.2) is 0 Å². The summed E-state index contributed by atoms with van der Waals surface area (Å²) in [6.45, 7) is 0.700. The van der Waals surface area contributed by atoms with Crippen LogP contribution in [0.4, 0.5) is 0 Å². The second-order valence-electron chi connectivity index (χ2n) is 4.20. The molecule has 0 aromatic heterocycles. The summed E-state index contributed by atoms with van der Waals surface area (Å²) in [6, 6.07) is -0.564. The first kappa shape index (κ1) is 13.6. The van der Waals surface area contributed by atoms with Gasteiger partial charge >= 0.3 is 13.6 Å². The summed E-state index contributed by atoms with van der Waals surface area (Å²) in [5, 5.41) is 11.9. The van der Waals surface area contributed by atoms with Crippen LogP contribution in [0, 0.1) is 5.92 Å². The van der Waals surface area contributed by atoms with Crippen molar-refractivity contribution in [3.8, 4) is 0 Å². The van der Waals surface area contributed by atoms with E-state index >= 15 is 0 Å². The minimum absolute atomic E-state index is 0.0159. The highest BCUT2D eigenvalue weighted by atomic mass is 31.2. The van der Waals surface area contributed by atoms with E-state index in [2.05, 4.69) is 5.32 Å². The molecular formula is C9H18NO5P.